The second kappa shape index (κ2) is 4.13. The molecule has 0 atom stereocenters. The number of anilines is 1. The molecule has 0 aliphatic carbocycles. The van der Waals surface area contributed by atoms with Crippen molar-refractivity contribution in [2.45, 2.75) is 0 Å². The van der Waals surface area contributed by atoms with Gasteiger partial charge in [0.25, 0.3) is 0 Å². The number of aromatic nitrogens is 4. The SMILES string of the molecule is Nc1nc(-c2cc(F)c(F)cc2Cl)c2[nH]cnc2n1. The van der Waals surface area contributed by atoms with Crippen molar-refractivity contribution in [1.82, 2.24) is 19.9 Å². The van der Waals surface area contributed by atoms with E-state index in [1.54, 1.807) is 0 Å². The van der Waals surface area contributed by atoms with Gasteiger partial charge in [-0.15, -0.1) is 0 Å². The van der Waals surface area contributed by atoms with Gasteiger partial charge in [0.1, 0.15) is 11.2 Å². The summed E-state index contributed by atoms with van der Waals surface area (Å²) in [6.07, 6.45) is 1.40. The third-order valence-electron chi connectivity index (χ3n) is 2.57. The van der Waals surface area contributed by atoms with E-state index in [4.69, 9.17) is 17.3 Å². The Kier molecular flexibility index (Phi) is 2.56. The van der Waals surface area contributed by atoms with Crippen molar-refractivity contribution in [2.75, 3.05) is 5.73 Å². The maximum atomic E-state index is 13.3. The quantitative estimate of drug-likeness (QED) is 0.672. The maximum Gasteiger partial charge on any atom is 0.222 e. The predicted molar refractivity (Wildman–Crippen MR) is 66.5 cm³/mol. The number of hydrogen-bond acceptors (Lipinski definition) is 4. The van der Waals surface area contributed by atoms with Crippen molar-refractivity contribution >= 4 is 28.7 Å². The molecule has 0 radical (unpaired) electrons. The summed E-state index contributed by atoms with van der Waals surface area (Å²) in [7, 11) is 0. The summed E-state index contributed by atoms with van der Waals surface area (Å²) in [5.41, 5.74) is 6.80. The minimum atomic E-state index is -1.03. The van der Waals surface area contributed by atoms with Gasteiger partial charge >= 0.3 is 0 Å². The molecule has 0 fully saturated rings. The van der Waals surface area contributed by atoms with Gasteiger partial charge in [0.15, 0.2) is 17.3 Å². The highest BCUT2D eigenvalue weighted by molar-refractivity contribution is 6.33. The summed E-state index contributed by atoms with van der Waals surface area (Å²) in [6, 6.07) is 1.84. The number of nitrogens with zero attached hydrogens (tertiary/aromatic N) is 3. The van der Waals surface area contributed by atoms with Gasteiger partial charge in [-0.1, -0.05) is 11.6 Å². The van der Waals surface area contributed by atoms with Crippen molar-refractivity contribution in [3.63, 3.8) is 0 Å². The summed E-state index contributed by atoms with van der Waals surface area (Å²) in [5, 5.41) is 0.0212. The largest absolute Gasteiger partial charge is 0.368 e. The zero-order valence-electron chi connectivity index (χ0n) is 9.28. The van der Waals surface area contributed by atoms with Crippen LogP contribution in [0.15, 0.2) is 18.5 Å². The van der Waals surface area contributed by atoms with Gasteiger partial charge in [-0.2, -0.15) is 4.98 Å². The molecule has 19 heavy (non-hydrogen) atoms. The van der Waals surface area contributed by atoms with E-state index < -0.39 is 11.6 Å². The number of nitrogens with one attached hydrogen (secondary N) is 1. The first-order chi connectivity index (χ1) is 9.06. The van der Waals surface area contributed by atoms with Gasteiger partial charge in [0, 0.05) is 5.56 Å². The summed E-state index contributed by atoms with van der Waals surface area (Å²) in [4.78, 5) is 14.6. The molecule has 96 valence electrons. The Morgan fingerprint density at radius 3 is 2.68 bits per heavy atom. The molecule has 0 unspecified atom stereocenters. The van der Waals surface area contributed by atoms with Crippen molar-refractivity contribution in [3.05, 3.63) is 35.1 Å². The second-order valence-electron chi connectivity index (χ2n) is 3.78. The molecule has 3 N–H and O–H groups in total. The minimum Gasteiger partial charge on any atom is -0.368 e. The molecule has 0 bridgehead atoms. The smallest absolute Gasteiger partial charge is 0.222 e. The fourth-order valence-corrected chi connectivity index (χ4v) is 1.99. The molecule has 0 aliphatic rings. The van der Waals surface area contributed by atoms with Crippen LogP contribution in [0.4, 0.5) is 14.7 Å². The fourth-order valence-electron chi connectivity index (χ4n) is 1.75. The Labute approximate surface area is 110 Å². The Morgan fingerprint density at radius 1 is 1.16 bits per heavy atom. The van der Waals surface area contributed by atoms with Crippen LogP contribution >= 0.6 is 11.6 Å². The van der Waals surface area contributed by atoms with Gasteiger partial charge in [0.2, 0.25) is 5.95 Å². The number of fused-ring (bicyclic) bond motifs is 1. The molecule has 1 aromatic carbocycles. The third-order valence-corrected chi connectivity index (χ3v) is 2.88. The topological polar surface area (TPSA) is 80.5 Å². The molecule has 2 aromatic heterocycles. The lowest BCUT2D eigenvalue weighted by Gasteiger charge is -2.06. The van der Waals surface area contributed by atoms with E-state index in [0.29, 0.717) is 11.2 Å². The van der Waals surface area contributed by atoms with E-state index >= 15 is 0 Å². The summed E-state index contributed by atoms with van der Waals surface area (Å²) >= 11 is 5.91. The fraction of sp³-hybridized carbons (Fsp3) is 0. The number of H-pyrrole nitrogens is 1. The average molecular weight is 282 g/mol. The third kappa shape index (κ3) is 1.88. The van der Waals surface area contributed by atoms with Gasteiger partial charge in [-0.3, -0.25) is 0 Å². The van der Waals surface area contributed by atoms with E-state index in [-0.39, 0.29) is 22.2 Å². The molecule has 0 saturated heterocycles. The summed E-state index contributed by atoms with van der Waals surface area (Å²) in [5.74, 6) is -2.09. The lowest BCUT2D eigenvalue weighted by molar-refractivity contribution is 0.509. The summed E-state index contributed by atoms with van der Waals surface area (Å²) < 4.78 is 26.4. The number of benzene rings is 1. The predicted octanol–water partition coefficient (Wildman–Crippen LogP) is 2.53. The van der Waals surface area contributed by atoms with Gasteiger partial charge < -0.3 is 10.7 Å². The lowest BCUT2D eigenvalue weighted by Crippen LogP contribution is -1.99. The standard InChI is InChI=1S/C11H6ClF2N5/c12-5-2-7(14)6(13)1-4(5)8-9-10(17-3-16-9)19-11(15)18-8/h1-3H,(H3,15,16,17,18,19). The maximum absolute atomic E-state index is 13.3. The number of imidazole rings is 1. The molecule has 5 nitrogen and oxygen atoms in total. The number of nitrogen functional groups attached to an aromatic ring is 1. The van der Waals surface area contributed by atoms with E-state index in [0.717, 1.165) is 12.1 Å². The molecular weight excluding hydrogens is 276 g/mol. The van der Waals surface area contributed by atoms with Crippen LogP contribution in [-0.4, -0.2) is 19.9 Å². The molecular formula is C11H6ClF2N5. The Balaban J connectivity index is 2.35. The summed E-state index contributed by atoms with van der Waals surface area (Å²) in [6.45, 7) is 0. The van der Waals surface area contributed by atoms with E-state index in [1.807, 2.05) is 0 Å². The Hall–Kier alpha value is -2.28. The normalized spacial score (nSPS) is 11.1. The first kappa shape index (κ1) is 11.8. The highest BCUT2D eigenvalue weighted by atomic mass is 35.5. The lowest BCUT2D eigenvalue weighted by atomic mass is 10.1. The highest BCUT2D eigenvalue weighted by Crippen LogP contribution is 2.32. The first-order valence-electron chi connectivity index (χ1n) is 5.18. The van der Waals surface area contributed by atoms with Crippen molar-refractivity contribution in [3.8, 4) is 11.3 Å². The number of aromatic amines is 1. The van der Waals surface area contributed by atoms with Crippen molar-refractivity contribution < 1.29 is 8.78 Å². The van der Waals surface area contributed by atoms with Crippen LogP contribution in [0.2, 0.25) is 5.02 Å². The molecule has 3 aromatic rings. The van der Waals surface area contributed by atoms with Crippen LogP contribution in [0.25, 0.3) is 22.4 Å². The molecule has 0 saturated carbocycles. The van der Waals surface area contributed by atoms with Crippen LogP contribution in [0.3, 0.4) is 0 Å². The zero-order chi connectivity index (χ0) is 13.6. The number of nitrogens with two attached hydrogens (primary N) is 1. The first-order valence-corrected chi connectivity index (χ1v) is 5.55. The van der Waals surface area contributed by atoms with Crippen LogP contribution in [0, 0.1) is 11.6 Å². The highest BCUT2D eigenvalue weighted by Gasteiger charge is 2.16. The number of hydrogen-bond donors (Lipinski definition) is 2. The molecule has 2 heterocycles. The Morgan fingerprint density at radius 2 is 1.89 bits per heavy atom. The number of rotatable bonds is 1. The van der Waals surface area contributed by atoms with Crippen LogP contribution in [0.5, 0.6) is 0 Å². The molecule has 8 heteroatoms. The van der Waals surface area contributed by atoms with Crippen LogP contribution < -0.4 is 5.73 Å². The molecule has 0 aliphatic heterocycles. The molecule has 3 rings (SSSR count). The van der Waals surface area contributed by atoms with Gasteiger partial charge in [-0.25, -0.2) is 18.7 Å². The van der Waals surface area contributed by atoms with E-state index in [1.165, 1.54) is 6.33 Å². The number of halogens is 3. The van der Waals surface area contributed by atoms with Crippen LogP contribution in [0.1, 0.15) is 0 Å². The molecule has 0 amide bonds. The average Bonchev–Trinajstić information content (AvgIpc) is 2.80. The Bertz CT molecular complexity index is 786. The minimum absolute atomic E-state index is 0.0212. The monoisotopic (exact) mass is 281 g/mol. The zero-order valence-corrected chi connectivity index (χ0v) is 10.0. The van der Waals surface area contributed by atoms with E-state index in [9.17, 15) is 8.78 Å². The molecule has 0 spiro atoms. The van der Waals surface area contributed by atoms with Crippen LogP contribution in [-0.2, 0) is 0 Å². The van der Waals surface area contributed by atoms with Gasteiger partial charge in [-0.05, 0) is 12.1 Å². The van der Waals surface area contributed by atoms with E-state index in [2.05, 4.69) is 19.9 Å². The van der Waals surface area contributed by atoms with Gasteiger partial charge in [0.05, 0.1) is 11.3 Å². The van der Waals surface area contributed by atoms with Crippen molar-refractivity contribution in [1.29, 1.82) is 0 Å². The second-order valence-corrected chi connectivity index (χ2v) is 4.18. The van der Waals surface area contributed by atoms with Crippen molar-refractivity contribution in [2.24, 2.45) is 0 Å².